The minimum Gasteiger partial charge on any atom is -0.465 e. The smallest absolute Gasteiger partial charge is 0.404 e. The molecule has 6 heterocycles. The van der Waals surface area contributed by atoms with E-state index in [9.17, 15) is 29.4 Å². The van der Waals surface area contributed by atoms with Gasteiger partial charge in [-0.3, -0.25) is 9.59 Å². The van der Waals surface area contributed by atoms with Crippen LogP contribution in [0, 0.1) is 0 Å². The van der Waals surface area contributed by atoms with E-state index < -0.39 is 24.3 Å². The standard InChI is InChI=1S/C44H46N8O6S2/c53-39(23-31(47-43(55)56)21-33-5-3-19-59-33)51-17-1-7-37(51)41-45-25-35(49-41)29-13-9-27(10-14-29)28-11-15-30(16-12-28)36-26-46-42(50-36)38-8-2-18-52(38)40(54)24-32(48-44(57)58)22-34-6-4-20-60-34/h3-6,9-16,19-20,25-26,31-32,37-38,47-48H,1-2,7-8,17-18,21-24H2,(H,45,49)(H,46,50)(H,55,56)(H,57,58)/t31-,32?,37?,38?/m1/s1. The van der Waals surface area contributed by atoms with Gasteiger partial charge >= 0.3 is 12.2 Å². The van der Waals surface area contributed by atoms with E-state index in [1.807, 2.05) is 69.1 Å². The Bertz CT molecular complexity index is 2230. The molecule has 0 aliphatic carbocycles. The zero-order chi connectivity index (χ0) is 41.6. The van der Waals surface area contributed by atoms with Crippen molar-refractivity contribution in [3.05, 3.63) is 117 Å². The van der Waals surface area contributed by atoms with Crippen molar-refractivity contribution in [2.75, 3.05) is 13.1 Å². The number of rotatable bonds is 15. The number of carbonyl (C=O) groups excluding carboxylic acids is 2. The first-order chi connectivity index (χ1) is 29.2. The molecule has 2 aromatic carbocycles. The van der Waals surface area contributed by atoms with Crippen LogP contribution in [0.4, 0.5) is 9.59 Å². The lowest BCUT2D eigenvalue weighted by molar-refractivity contribution is -0.133. The SMILES string of the molecule is O=C(O)NC(CC(=O)N1CCCC1c1ncc(-c2ccc(-c3ccc(-c4cnc(C5CCCN5C(=O)C[C@@H](Cc5cccs5)NC(=O)O)[nH]4)cc3)cc2)[nH]1)Cc1cccs1. The summed E-state index contributed by atoms with van der Waals surface area (Å²) in [4.78, 5) is 71.9. The molecule has 6 aromatic rings. The molecule has 0 spiro atoms. The number of imidazole rings is 2. The molecule has 2 aliphatic rings. The highest BCUT2D eigenvalue weighted by molar-refractivity contribution is 7.10. The fourth-order valence-corrected chi connectivity index (χ4v) is 9.96. The largest absolute Gasteiger partial charge is 0.465 e. The van der Waals surface area contributed by atoms with Gasteiger partial charge in [-0.2, -0.15) is 0 Å². The molecule has 0 bridgehead atoms. The van der Waals surface area contributed by atoms with Crippen LogP contribution < -0.4 is 10.6 Å². The van der Waals surface area contributed by atoms with Crippen molar-refractivity contribution in [3.8, 4) is 33.6 Å². The number of thiophene rings is 2. The molecule has 4 atom stereocenters. The van der Waals surface area contributed by atoms with Crippen LogP contribution in [0.25, 0.3) is 33.6 Å². The van der Waals surface area contributed by atoms with Gasteiger partial charge in [0, 0.05) is 60.6 Å². The molecule has 2 fully saturated rings. The molecular formula is C44H46N8O6S2. The summed E-state index contributed by atoms with van der Waals surface area (Å²) in [7, 11) is 0. The highest BCUT2D eigenvalue weighted by Crippen LogP contribution is 2.35. The van der Waals surface area contributed by atoms with E-state index in [4.69, 9.17) is 0 Å². The Morgan fingerprint density at radius 3 is 1.40 bits per heavy atom. The Labute approximate surface area is 354 Å². The van der Waals surface area contributed by atoms with Crippen molar-refractivity contribution in [2.45, 2.75) is 75.5 Å². The third-order valence-electron chi connectivity index (χ3n) is 11.2. The van der Waals surface area contributed by atoms with Gasteiger partial charge in [0.1, 0.15) is 11.6 Å². The Kier molecular flexibility index (Phi) is 12.4. The maximum Gasteiger partial charge on any atom is 0.404 e. The topological polar surface area (TPSA) is 197 Å². The summed E-state index contributed by atoms with van der Waals surface area (Å²) in [5.41, 5.74) is 5.72. The van der Waals surface area contributed by atoms with Gasteiger partial charge in [0.15, 0.2) is 0 Å². The van der Waals surface area contributed by atoms with Gasteiger partial charge in [-0.1, -0.05) is 60.7 Å². The molecule has 310 valence electrons. The maximum absolute atomic E-state index is 13.5. The summed E-state index contributed by atoms with van der Waals surface area (Å²) in [6.07, 6.45) is 5.64. The molecular weight excluding hydrogens is 801 g/mol. The number of likely N-dealkylation sites (tertiary alicyclic amines) is 2. The summed E-state index contributed by atoms with van der Waals surface area (Å²) in [6.45, 7) is 1.20. The first-order valence-electron chi connectivity index (χ1n) is 20.1. The third kappa shape index (κ3) is 9.61. The van der Waals surface area contributed by atoms with Gasteiger partial charge in [0.2, 0.25) is 11.8 Å². The number of hydrogen-bond donors (Lipinski definition) is 6. The molecule has 6 N–H and O–H groups in total. The molecule has 2 saturated heterocycles. The zero-order valence-electron chi connectivity index (χ0n) is 32.8. The number of H-pyrrole nitrogens is 2. The quantitative estimate of drug-likeness (QED) is 0.0596. The number of nitrogens with zero attached hydrogens (tertiary/aromatic N) is 4. The molecule has 0 radical (unpaired) electrons. The molecule has 3 unspecified atom stereocenters. The fraction of sp³-hybridized carbons (Fsp3) is 0.318. The Balaban J connectivity index is 0.882. The van der Waals surface area contributed by atoms with Crippen LogP contribution >= 0.6 is 22.7 Å². The van der Waals surface area contributed by atoms with E-state index in [1.54, 1.807) is 35.1 Å². The van der Waals surface area contributed by atoms with Crippen molar-refractivity contribution in [2.24, 2.45) is 0 Å². The van der Waals surface area contributed by atoms with E-state index in [1.165, 1.54) is 0 Å². The summed E-state index contributed by atoms with van der Waals surface area (Å²) in [6, 6.07) is 22.7. The second kappa shape index (κ2) is 18.3. The Hall–Kier alpha value is -6.26. The summed E-state index contributed by atoms with van der Waals surface area (Å²) in [5, 5.41) is 27.8. The minimum absolute atomic E-state index is 0.0789. The van der Waals surface area contributed by atoms with Crippen LogP contribution in [0.15, 0.2) is 96.0 Å². The predicted octanol–water partition coefficient (Wildman–Crippen LogP) is 8.12. The van der Waals surface area contributed by atoms with Crippen molar-refractivity contribution in [1.82, 2.24) is 40.4 Å². The second-order valence-corrected chi connectivity index (χ2v) is 17.3. The summed E-state index contributed by atoms with van der Waals surface area (Å²) in [5.74, 6) is 1.25. The molecule has 8 rings (SSSR count). The van der Waals surface area contributed by atoms with E-state index in [0.29, 0.717) is 25.9 Å². The molecule has 16 heteroatoms. The number of hydrogen-bond acceptors (Lipinski definition) is 8. The predicted molar refractivity (Wildman–Crippen MR) is 230 cm³/mol. The number of aromatic amines is 2. The van der Waals surface area contributed by atoms with Crippen LogP contribution in [-0.2, 0) is 22.4 Å². The van der Waals surface area contributed by atoms with Crippen molar-refractivity contribution < 1.29 is 29.4 Å². The number of carboxylic acid groups (broad SMARTS) is 2. The highest BCUT2D eigenvalue weighted by atomic mass is 32.1. The van der Waals surface area contributed by atoms with Crippen LogP contribution in [-0.4, -0.2) is 89.1 Å². The van der Waals surface area contributed by atoms with Crippen molar-refractivity contribution >= 4 is 46.7 Å². The normalized spacial score (nSPS) is 17.4. The molecule has 14 nitrogen and oxygen atoms in total. The van der Waals surface area contributed by atoms with Crippen LogP contribution in [0.3, 0.4) is 0 Å². The number of benzene rings is 2. The first-order valence-corrected chi connectivity index (χ1v) is 21.9. The van der Waals surface area contributed by atoms with Crippen molar-refractivity contribution in [3.63, 3.8) is 0 Å². The van der Waals surface area contributed by atoms with Gasteiger partial charge in [-0.05, 0) is 70.8 Å². The summed E-state index contributed by atoms with van der Waals surface area (Å²) < 4.78 is 0. The average Bonchev–Trinajstić information content (AvgIpc) is 4.09. The van der Waals surface area contributed by atoms with E-state index in [-0.39, 0.29) is 36.7 Å². The third-order valence-corrected chi connectivity index (χ3v) is 13.0. The van der Waals surface area contributed by atoms with E-state index in [2.05, 4.69) is 54.8 Å². The average molecular weight is 847 g/mol. The Morgan fingerprint density at radius 1 is 0.633 bits per heavy atom. The summed E-state index contributed by atoms with van der Waals surface area (Å²) >= 11 is 3.09. The monoisotopic (exact) mass is 846 g/mol. The lowest BCUT2D eigenvalue weighted by Crippen LogP contribution is -2.41. The first kappa shape index (κ1) is 40.5. The lowest BCUT2D eigenvalue weighted by Gasteiger charge is -2.25. The molecule has 0 saturated carbocycles. The number of amides is 4. The second-order valence-electron chi connectivity index (χ2n) is 15.3. The van der Waals surface area contributed by atoms with Crippen molar-refractivity contribution in [1.29, 1.82) is 0 Å². The molecule has 60 heavy (non-hydrogen) atoms. The van der Waals surface area contributed by atoms with Gasteiger partial charge in [-0.15, -0.1) is 22.7 Å². The molecule has 4 aromatic heterocycles. The van der Waals surface area contributed by atoms with Gasteiger partial charge in [-0.25, -0.2) is 19.6 Å². The van der Waals surface area contributed by atoms with E-state index in [0.717, 1.165) is 80.7 Å². The highest BCUT2D eigenvalue weighted by Gasteiger charge is 2.35. The number of aromatic nitrogens is 4. The molecule has 4 amide bonds. The van der Waals surface area contributed by atoms with Gasteiger partial charge in [0.25, 0.3) is 0 Å². The van der Waals surface area contributed by atoms with Crippen LogP contribution in [0.5, 0.6) is 0 Å². The number of nitrogens with one attached hydrogen (secondary N) is 4. The minimum atomic E-state index is -1.14. The zero-order valence-corrected chi connectivity index (χ0v) is 34.4. The number of carbonyl (C=O) groups is 4. The van der Waals surface area contributed by atoms with Gasteiger partial charge < -0.3 is 40.6 Å². The van der Waals surface area contributed by atoms with Gasteiger partial charge in [0.05, 0.1) is 35.9 Å². The van der Waals surface area contributed by atoms with Crippen LogP contribution in [0.2, 0.25) is 0 Å². The Morgan fingerprint density at radius 2 is 1.03 bits per heavy atom. The van der Waals surface area contributed by atoms with Crippen LogP contribution in [0.1, 0.15) is 72.0 Å². The fourth-order valence-electron chi connectivity index (χ4n) is 8.39. The maximum atomic E-state index is 13.5. The lowest BCUT2D eigenvalue weighted by atomic mass is 10.0. The van der Waals surface area contributed by atoms with E-state index >= 15 is 0 Å². The molecule has 2 aliphatic heterocycles.